The minimum absolute atomic E-state index is 0.188. The molecule has 0 aliphatic rings. The molecule has 4 nitrogen and oxygen atoms in total. The van der Waals surface area contributed by atoms with Crippen LogP contribution in [0.3, 0.4) is 0 Å². The first kappa shape index (κ1) is 14.0. The molecule has 20 heavy (non-hydrogen) atoms. The monoisotopic (exact) mass is 287 g/mol. The molecule has 102 valence electrons. The van der Waals surface area contributed by atoms with E-state index in [1.807, 2.05) is 18.4 Å². The number of aromatic carboxylic acids is 1. The summed E-state index contributed by atoms with van der Waals surface area (Å²) in [7, 11) is 0. The predicted octanol–water partition coefficient (Wildman–Crippen LogP) is 3.41. The van der Waals surface area contributed by atoms with Gasteiger partial charge in [-0.25, -0.2) is 4.79 Å². The molecular weight excluding hydrogens is 274 g/mol. The maximum absolute atomic E-state index is 11.7. The van der Waals surface area contributed by atoms with Gasteiger partial charge in [0.1, 0.15) is 0 Å². The van der Waals surface area contributed by atoms with Gasteiger partial charge in [0.15, 0.2) is 0 Å². The van der Waals surface area contributed by atoms with Gasteiger partial charge in [-0.05, 0) is 54.3 Å². The first-order valence-electron chi connectivity index (χ1n) is 5.93. The summed E-state index contributed by atoms with van der Waals surface area (Å²) in [4.78, 5) is 23.5. The van der Waals surface area contributed by atoms with Crippen LogP contribution in [0, 0.1) is 6.92 Å². The fraction of sp³-hybridized carbons (Fsp3) is 0.0667. The molecule has 0 saturated carbocycles. The van der Waals surface area contributed by atoms with Crippen LogP contribution in [0.1, 0.15) is 20.8 Å². The van der Waals surface area contributed by atoms with Gasteiger partial charge in [-0.3, -0.25) is 4.79 Å². The zero-order valence-corrected chi connectivity index (χ0v) is 11.6. The van der Waals surface area contributed by atoms with Gasteiger partial charge in [0.2, 0.25) is 5.91 Å². The second-order valence-corrected chi connectivity index (χ2v) is 5.12. The Morgan fingerprint density at radius 1 is 1.20 bits per heavy atom. The summed E-state index contributed by atoms with van der Waals surface area (Å²) in [5, 5.41) is 13.4. The molecule has 0 radical (unpaired) electrons. The van der Waals surface area contributed by atoms with Gasteiger partial charge in [0, 0.05) is 16.6 Å². The van der Waals surface area contributed by atoms with E-state index in [-0.39, 0.29) is 11.5 Å². The van der Waals surface area contributed by atoms with Crippen molar-refractivity contribution in [1.29, 1.82) is 0 Å². The second kappa shape index (κ2) is 6.16. The van der Waals surface area contributed by atoms with Gasteiger partial charge in [-0.15, -0.1) is 11.3 Å². The van der Waals surface area contributed by atoms with Crippen LogP contribution in [0.2, 0.25) is 0 Å². The summed E-state index contributed by atoms with van der Waals surface area (Å²) in [5.74, 6) is -1.24. The molecule has 1 aromatic heterocycles. The molecule has 0 spiro atoms. The van der Waals surface area contributed by atoms with E-state index in [0.717, 1.165) is 10.4 Å². The quantitative estimate of drug-likeness (QED) is 0.847. The number of nitrogens with one attached hydrogen (secondary N) is 1. The first-order chi connectivity index (χ1) is 9.56. The molecule has 0 saturated heterocycles. The van der Waals surface area contributed by atoms with Crippen LogP contribution in [0.15, 0.2) is 41.8 Å². The minimum atomic E-state index is -0.990. The largest absolute Gasteiger partial charge is 0.478 e. The number of thiophene rings is 1. The van der Waals surface area contributed by atoms with Gasteiger partial charge >= 0.3 is 5.97 Å². The van der Waals surface area contributed by atoms with Crippen molar-refractivity contribution in [2.45, 2.75) is 6.92 Å². The number of benzene rings is 1. The topological polar surface area (TPSA) is 66.4 Å². The third-order valence-electron chi connectivity index (χ3n) is 2.69. The molecule has 0 unspecified atom stereocenters. The van der Waals surface area contributed by atoms with Crippen molar-refractivity contribution in [3.05, 3.63) is 57.8 Å². The maximum atomic E-state index is 11.7. The van der Waals surface area contributed by atoms with Crippen molar-refractivity contribution < 1.29 is 14.7 Å². The van der Waals surface area contributed by atoms with Crippen LogP contribution < -0.4 is 5.32 Å². The number of aryl methyl sites for hydroxylation is 1. The van der Waals surface area contributed by atoms with E-state index in [2.05, 4.69) is 5.32 Å². The highest BCUT2D eigenvalue weighted by Gasteiger charge is 2.03. The van der Waals surface area contributed by atoms with Crippen LogP contribution in [-0.4, -0.2) is 17.0 Å². The lowest BCUT2D eigenvalue weighted by atomic mass is 10.2. The zero-order valence-electron chi connectivity index (χ0n) is 10.8. The van der Waals surface area contributed by atoms with Gasteiger partial charge in [-0.2, -0.15) is 0 Å². The number of carbonyl (C=O) groups is 2. The molecule has 1 heterocycles. The average Bonchev–Trinajstić information content (AvgIpc) is 2.82. The number of hydrogen-bond donors (Lipinski definition) is 2. The van der Waals surface area contributed by atoms with E-state index in [1.165, 1.54) is 18.2 Å². The van der Waals surface area contributed by atoms with Crippen LogP contribution in [-0.2, 0) is 4.79 Å². The minimum Gasteiger partial charge on any atom is -0.478 e. The van der Waals surface area contributed by atoms with E-state index in [4.69, 9.17) is 5.11 Å². The van der Waals surface area contributed by atoms with Crippen molar-refractivity contribution in [3.8, 4) is 0 Å². The smallest absolute Gasteiger partial charge is 0.335 e. The SMILES string of the molecule is Cc1ccsc1/C=C/C(=O)Nc1ccc(C(=O)O)cc1. The Labute approximate surface area is 120 Å². The number of anilines is 1. The standard InChI is InChI=1S/C15H13NO3S/c1-10-8-9-20-13(10)6-7-14(17)16-12-4-2-11(3-5-12)15(18)19/h2-9H,1H3,(H,16,17)(H,18,19)/b7-6+. The van der Waals surface area contributed by atoms with E-state index >= 15 is 0 Å². The summed E-state index contributed by atoms with van der Waals surface area (Å²) in [5.41, 5.74) is 1.88. The fourth-order valence-corrected chi connectivity index (χ4v) is 2.41. The molecule has 2 aromatic rings. The summed E-state index contributed by atoms with van der Waals surface area (Å²) >= 11 is 1.57. The number of amides is 1. The Morgan fingerprint density at radius 3 is 2.45 bits per heavy atom. The summed E-state index contributed by atoms with van der Waals surface area (Å²) < 4.78 is 0. The fourth-order valence-electron chi connectivity index (χ4n) is 1.59. The molecule has 0 aliphatic heterocycles. The lowest BCUT2D eigenvalue weighted by Gasteiger charge is -2.02. The van der Waals surface area contributed by atoms with Crippen molar-refractivity contribution in [1.82, 2.24) is 0 Å². The van der Waals surface area contributed by atoms with E-state index in [0.29, 0.717) is 5.69 Å². The van der Waals surface area contributed by atoms with Crippen LogP contribution in [0.5, 0.6) is 0 Å². The molecule has 0 atom stereocenters. The summed E-state index contributed by atoms with van der Waals surface area (Å²) in [6.45, 7) is 1.98. The van der Waals surface area contributed by atoms with Crippen molar-refractivity contribution in [2.24, 2.45) is 0 Å². The number of carbonyl (C=O) groups excluding carboxylic acids is 1. The van der Waals surface area contributed by atoms with Crippen LogP contribution in [0.4, 0.5) is 5.69 Å². The Morgan fingerprint density at radius 2 is 1.90 bits per heavy atom. The van der Waals surface area contributed by atoms with E-state index < -0.39 is 5.97 Å². The van der Waals surface area contributed by atoms with Gasteiger partial charge in [0.25, 0.3) is 0 Å². The maximum Gasteiger partial charge on any atom is 0.335 e. The third-order valence-corrected chi connectivity index (χ3v) is 3.67. The van der Waals surface area contributed by atoms with E-state index in [9.17, 15) is 9.59 Å². The van der Waals surface area contributed by atoms with Crippen molar-refractivity contribution in [3.63, 3.8) is 0 Å². The predicted molar refractivity (Wildman–Crippen MR) is 80.1 cm³/mol. The first-order valence-corrected chi connectivity index (χ1v) is 6.81. The number of carboxylic acid groups (broad SMARTS) is 1. The molecule has 0 fully saturated rings. The zero-order chi connectivity index (χ0) is 14.5. The second-order valence-electron chi connectivity index (χ2n) is 4.17. The Kier molecular flexibility index (Phi) is 4.32. The van der Waals surface area contributed by atoms with Gasteiger partial charge in [-0.1, -0.05) is 0 Å². The summed E-state index contributed by atoms with van der Waals surface area (Å²) in [6, 6.07) is 8.01. The molecule has 1 amide bonds. The lowest BCUT2D eigenvalue weighted by Crippen LogP contribution is -2.08. The van der Waals surface area contributed by atoms with Crippen LogP contribution >= 0.6 is 11.3 Å². The van der Waals surface area contributed by atoms with Gasteiger partial charge in [0.05, 0.1) is 5.56 Å². The molecule has 0 bridgehead atoms. The lowest BCUT2D eigenvalue weighted by molar-refractivity contribution is -0.111. The third kappa shape index (κ3) is 3.55. The van der Waals surface area contributed by atoms with Gasteiger partial charge < -0.3 is 10.4 Å². The van der Waals surface area contributed by atoms with Crippen LogP contribution in [0.25, 0.3) is 6.08 Å². The molecule has 2 rings (SSSR count). The highest BCUT2D eigenvalue weighted by Crippen LogP contribution is 2.17. The molecular formula is C15H13NO3S. The summed E-state index contributed by atoms with van der Waals surface area (Å²) in [6.07, 6.45) is 3.23. The highest BCUT2D eigenvalue weighted by molar-refractivity contribution is 7.11. The van der Waals surface area contributed by atoms with E-state index in [1.54, 1.807) is 29.5 Å². The molecule has 2 N–H and O–H groups in total. The average molecular weight is 287 g/mol. The number of rotatable bonds is 4. The van der Waals surface area contributed by atoms with Crippen molar-refractivity contribution >= 4 is 35.0 Å². The Balaban J connectivity index is 1.99. The molecule has 0 aliphatic carbocycles. The highest BCUT2D eigenvalue weighted by atomic mass is 32.1. The van der Waals surface area contributed by atoms with Crippen molar-refractivity contribution in [2.75, 3.05) is 5.32 Å². The molecule has 1 aromatic carbocycles. The normalized spacial score (nSPS) is 10.7. The Bertz CT molecular complexity index is 656. The molecule has 5 heteroatoms. The number of carboxylic acids is 1. The Hall–Kier alpha value is -2.40. The number of hydrogen-bond acceptors (Lipinski definition) is 3.